The third-order valence-electron chi connectivity index (χ3n) is 4.27. The summed E-state index contributed by atoms with van der Waals surface area (Å²) in [5, 5.41) is 12.4. The van der Waals surface area contributed by atoms with Crippen molar-refractivity contribution in [2.75, 3.05) is 5.32 Å². The third kappa shape index (κ3) is 4.56. The summed E-state index contributed by atoms with van der Waals surface area (Å²) in [4.78, 5) is 13.3. The van der Waals surface area contributed by atoms with Gasteiger partial charge in [-0.2, -0.15) is 0 Å². The van der Waals surface area contributed by atoms with Gasteiger partial charge in [-0.3, -0.25) is 4.98 Å². The van der Waals surface area contributed by atoms with Gasteiger partial charge in [-0.1, -0.05) is 18.2 Å². The molecule has 0 saturated carbocycles. The summed E-state index contributed by atoms with van der Waals surface area (Å²) < 4.78 is 6.12. The lowest BCUT2D eigenvalue weighted by atomic mass is 10.2. The zero-order valence-corrected chi connectivity index (χ0v) is 15.9. The maximum Gasteiger partial charge on any atom is 0.155 e. The van der Waals surface area contributed by atoms with Crippen LogP contribution in [0.4, 0.5) is 11.5 Å². The lowest BCUT2D eigenvalue weighted by Crippen LogP contribution is -1.97. The number of rotatable bonds is 6. The molecule has 0 atom stereocenters. The fourth-order valence-corrected chi connectivity index (χ4v) is 2.82. The summed E-state index contributed by atoms with van der Waals surface area (Å²) in [5.74, 6) is 1.91. The summed E-state index contributed by atoms with van der Waals surface area (Å²) in [5.41, 5.74) is 4.06. The molecular formula is C23H20N4O2. The Bertz CT molecular complexity index is 1100. The molecule has 0 saturated heterocycles. The Morgan fingerprint density at radius 1 is 0.931 bits per heavy atom. The number of ether oxygens (including phenoxy) is 1. The first-order valence-electron chi connectivity index (χ1n) is 9.21. The van der Waals surface area contributed by atoms with Gasteiger partial charge in [-0.15, -0.1) is 0 Å². The number of aromatic nitrogens is 3. The van der Waals surface area contributed by atoms with Crippen molar-refractivity contribution in [2.24, 2.45) is 0 Å². The highest BCUT2D eigenvalue weighted by Gasteiger charge is 2.11. The molecule has 4 aromatic rings. The zero-order chi connectivity index (χ0) is 20.1. The molecule has 0 aliphatic heterocycles. The van der Waals surface area contributed by atoms with E-state index < -0.39 is 0 Å². The lowest BCUT2D eigenvalue weighted by molar-refractivity contribution is 0.282. The molecule has 0 amide bonds. The number of aliphatic hydroxyl groups is 1. The Kier molecular flexibility index (Phi) is 5.45. The summed E-state index contributed by atoms with van der Waals surface area (Å²) in [7, 11) is 0. The fraction of sp³-hybridized carbons (Fsp3) is 0.0870. The van der Waals surface area contributed by atoms with Crippen LogP contribution in [0.5, 0.6) is 11.5 Å². The maximum atomic E-state index is 9.16. The topological polar surface area (TPSA) is 80.2 Å². The number of aliphatic hydroxyl groups excluding tert-OH is 1. The van der Waals surface area contributed by atoms with Crippen molar-refractivity contribution in [3.63, 3.8) is 0 Å². The van der Waals surface area contributed by atoms with Gasteiger partial charge < -0.3 is 15.2 Å². The molecule has 0 spiro atoms. The Morgan fingerprint density at radius 3 is 2.55 bits per heavy atom. The van der Waals surface area contributed by atoms with Crippen LogP contribution in [0.15, 0.2) is 79.1 Å². The predicted molar refractivity (Wildman–Crippen MR) is 112 cm³/mol. The van der Waals surface area contributed by atoms with Crippen LogP contribution in [-0.4, -0.2) is 20.1 Å². The smallest absolute Gasteiger partial charge is 0.155 e. The molecule has 3 aromatic heterocycles. The number of aryl methyl sites for hydroxylation is 1. The Labute approximate surface area is 168 Å². The van der Waals surface area contributed by atoms with Gasteiger partial charge in [0.15, 0.2) is 5.75 Å². The second-order valence-electron chi connectivity index (χ2n) is 6.47. The number of anilines is 2. The quantitative estimate of drug-likeness (QED) is 0.493. The molecule has 0 bridgehead atoms. The Hall–Kier alpha value is -3.77. The van der Waals surface area contributed by atoms with E-state index in [4.69, 9.17) is 9.84 Å². The molecular weight excluding hydrogens is 364 g/mol. The van der Waals surface area contributed by atoms with E-state index in [2.05, 4.69) is 20.3 Å². The minimum absolute atomic E-state index is 0.0189. The summed E-state index contributed by atoms with van der Waals surface area (Å²) >= 11 is 0. The van der Waals surface area contributed by atoms with Crippen LogP contribution in [0.2, 0.25) is 0 Å². The minimum Gasteiger partial charge on any atom is -0.455 e. The van der Waals surface area contributed by atoms with Crippen LogP contribution >= 0.6 is 0 Å². The molecule has 6 nitrogen and oxygen atoms in total. The Balaban J connectivity index is 1.58. The summed E-state index contributed by atoms with van der Waals surface area (Å²) in [6.45, 7) is 1.96. The van der Waals surface area contributed by atoms with E-state index in [1.165, 1.54) is 0 Å². The van der Waals surface area contributed by atoms with Crippen molar-refractivity contribution in [1.29, 1.82) is 0 Å². The fourth-order valence-electron chi connectivity index (χ4n) is 2.82. The van der Waals surface area contributed by atoms with Gasteiger partial charge >= 0.3 is 0 Å². The van der Waals surface area contributed by atoms with Gasteiger partial charge in [-0.05, 0) is 55.0 Å². The first-order chi connectivity index (χ1) is 14.2. The molecule has 2 N–H and O–H groups in total. The highest BCUT2D eigenvalue weighted by molar-refractivity contribution is 5.64. The largest absolute Gasteiger partial charge is 0.455 e. The second-order valence-corrected chi connectivity index (χ2v) is 6.47. The zero-order valence-electron chi connectivity index (χ0n) is 15.9. The number of hydrogen-bond acceptors (Lipinski definition) is 6. The maximum absolute atomic E-state index is 9.16. The molecule has 6 heteroatoms. The van der Waals surface area contributed by atoms with E-state index >= 15 is 0 Å². The van der Waals surface area contributed by atoms with Gasteiger partial charge in [-0.25, -0.2) is 9.97 Å². The van der Waals surface area contributed by atoms with Gasteiger partial charge in [0.1, 0.15) is 17.3 Å². The second kappa shape index (κ2) is 8.50. The number of nitrogens with zero attached hydrogens (tertiary/aromatic N) is 3. The molecule has 144 valence electrons. The van der Waals surface area contributed by atoms with Crippen molar-refractivity contribution < 1.29 is 9.84 Å². The SMILES string of the molecule is Cc1ccc(Oc2ccnc(Nc3ccc(CO)cc3)c2)c(-c2ccccn2)n1. The average Bonchev–Trinajstić information content (AvgIpc) is 2.76. The molecule has 0 fully saturated rings. The van der Waals surface area contributed by atoms with E-state index in [-0.39, 0.29) is 6.61 Å². The third-order valence-corrected chi connectivity index (χ3v) is 4.27. The molecule has 3 heterocycles. The van der Waals surface area contributed by atoms with Crippen LogP contribution in [0.1, 0.15) is 11.3 Å². The van der Waals surface area contributed by atoms with Gasteiger partial charge in [0.05, 0.1) is 12.3 Å². The van der Waals surface area contributed by atoms with Crippen molar-refractivity contribution in [3.8, 4) is 22.9 Å². The van der Waals surface area contributed by atoms with E-state index in [9.17, 15) is 0 Å². The average molecular weight is 384 g/mol. The van der Waals surface area contributed by atoms with Gasteiger partial charge in [0.2, 0.25) is 0 Å². The number of pyridine rings is 3. The molecule has 0 aliphatic carbocycles. The van der Waals surface area contributed by atoms with Crippen molar-refractivity contribution >= 4 is 11.5 Å². The number of nitrogens with one attached hydrogen (secondary N) is 1. The molecule has 0 radical (unpaired) electrons. The molecule has 0 unspecified atom stereocenters. The monoisotopic (exact) mass is 384 g/mol. The summed E-state index contributed by atoms with van der Waals surface area (Å²) in [6.07, 6.45) is 3.42. The van der Waals surface area contributed by atoms with Crippen molar-refractivity contribution in [2.45, 2.75) is 13.5 Å². The van der Waals surface area contributed by atoms with Gasteiger partial charge in [0.25, 0.3) is 0 Å². The first kappa shape index (κ1) is 18.6. The van der Waals surface area contributed by atoms with Crippen LogP contribution in [0.25, 0.3) is 11.4 Å². The number of hydrogen-bond donors (Lipinski definition) is 2. The standard InChI is InChI=1S/C23H20N4O2/c1-16-5-10-21(23(26-16)20-4-2-3-12-24-20)29-19-11-13-25-22(14-19)27-18-8-6-17(15-28)7-9-18/h2-14,28H,15H2,1H3,(H,25,27). The van der Waals surface area contributed by atoms with Crippen molar-refractivity contribution in [3.05, 3.63) is 90.4 Å². The first-order valence-corrected chi connectivity index (χ1v) is 9.21. The molecule has 0 aliphatic rings. The van der Waals surface area contributed by atoms with E-state index in [1.807, 2.05) is 67.6 Å². The number of benzene rings is 1. The van der Waals surface area contributed by atoms with Crippen LogP contribution < -0.4 is 10.1 Å². The molecule has 4 rings (SSSR count). The predicted octanol–water partition coefficient (Wildman–Crippen LogP) is 4.88. The van der Waals surface area contributed by atoms with E-state index in [0.29, 0.717) is 23.0 Å². The highest BCUT2D eigenvalue weighted by atomic mass is 16.5. The van der Waals surface area contributed by atoms with Crippen LogP contribution in [-0.2, 0) is 6.61 Å². The van der Waals surface area contributed by atoms with E-state index in [0.717, 1.165) is 22.6 Å². The van der Waals surface area contributed by atoms with Crippen molar-refractivity contribution in [1.82, 2.24) is 15.0 Å². The Morgan fingerprint density at radius 2 is 1.79 bits per heavy atom. The van der Waals surface area contributed by atoms with Crippen LogP contribution in [0.3, 0.4) is 0 Å². The molecule has 29 heavy (non-hydrogen) atoms. The highest BCUT2D eigenvalue weighted by Crippen LogP contribution is 2.31. The van der Waals surface area contributed by atoms with Crippen LogP contribution in [0, 0.1) is 6.92 Å². The molecule has 1 aromatic carbocycles. The van der Waals surface area contributed by atoms with E-state index in [1.54, 1.807) is 18.5 Å². The lowest BCUT2D eigenvalue weighted by Gasteiger charge is -2.12. The minimum atomic E-state index is 0.0189. The summed E-state index contributed by atoms with van der Waals surface area (Å²) in [6, 6.07) is 20.6. The normalized spacial score (nSPS) is 10.6. The van der Waals surface area contributed by atoms with Gasteiger partial charge in [0, 0.05) is 29.8 Å².